The topological polar surface area (TPSA) is 77.8 Å². The summed E-state index contributed by atoms with van der Waals surface area (Å²) >= 11 is 0. The maximum absolute atomic E-state index is 5.81. The molecule has 0 amide bonds. The van der Waals surface area contributed by atoms with Crippen LogP contribution in [0.15, 0.2) is 16.9 Å². The quantitative estimate of drug-likeness (QED) is 0.743. The molecule has 68 valence electrons. The van der Waals surface area contributed by atoms with Gasteiger partial charge in [-0.05, 0) is 6.42 Å². The van der Waals surface area contributed by atoms with Crippen molar-refractivity contribution in [1.82, 2.24) is 15.1 Å². The number of hydrogen-bond acceptors (Lipinski definition) is 5. The molecule has 0 aromatic carbocycles. The van der Waals surface area contributed by atoms with Crippen LogP contribution in [-0.2, 0) is 0 Å². The van der Waals surface area contributed by atoms with Gasteiger partial charge in [-0.15, -0.1) is 0 Å². The van der Waals surface area contributed by atoms with Gasteiger partial charge >= 0.3 is 0 Å². The maximum Gasteiger partial charge on any atom is 0.276 e. The Kier molecular flexibility index (Phi) is 1.94. The Labute approximate surface area is 75.0 Å². The highest BCUT2D eigenvalue weighted by Gasteiger charge is 2.15. The summed E-state index contributed by atoms with van der Waals surface area (Å²) in [5.74, 6) is 0. The van der Waals surface area contributed by atoms with Crippen molar-refractivity contribution >= 4 is 11.2 Å². The second-order valence-electron chi connectivity index (χ2n) is 2.79. The largest absolute Gasteiger partial charge is 0.334 e. The minimum absolute atomic E-state index is 0.127. The van der Waals surface area contributed by atoms with Crippen LogP contribution in [0.4, 0.5) is 0 Å². The van der Waals surface area contributed by atoms with Crippen molar-refractivity contribution in [2.45, 2.75) is 19.4 Å². The Morgan fingerprint density at radius 1 is 1.46 bits per heavy atom. The molecule has 5 heteroatoms. The predicted octanol–water partition coefficient (Wildman–Crippen LogP) is 1.03. The fourth-order valence-corrected chi connectivity index (χ4v) is 1.14. The minimum atomic E-state index is -0.127. The standard InChI is InChI=1S/C8H10N4O/c1-2-5(9)6-7-8(13-12-6)11-4-3-10-7/h3-5H,2,9H2,1H3. The highest BCUT2D eigenvalue weighted by Crippen LogP contribution is 2.19. The first kappa shape index (κ1) is 8.12. The molecule has 2 N–H and O–H groups in total. The Hall–Kier alpha value is -1.49. The van der Waals surface area contributed by atoms with E-state index in [4.69, 9.17) is 10.3 Å². The van der Waals surface area contributed by atoms with Gasteiger partial charge in [0, 0.05) is 12.4 Å². The molecule has 0 aliphatic carbocycles. The van der Waals surface area contributed by atoms with Gasteiger partial charge in [-0.3, -0.25) is 0 Å². The van der Waals surface area contributed by atoms with Gasteiger partial charge < -0.3 is 10.3 Å². The zero-order valence-corrected chi connectivity index (χ0v) is 7.27. The van der Waals surface area contributed by atoms with Crippen LogP contribution < -0.4 is 5.73 Å². The van der Waals surface area contributed by atoms with E-state index in [-0.39, 0.29) is 6.04 Å². The van der Waals surface area contributed by atoms with E-state index < -0.39 is 0 Å². The molecule has 2 heterocycles. The molecule has 13 heavy (non-hydrogen) atoms. The molecule has 0 aliphatic heterocycles. The molecule has 2 aromatic heterocycles. The summed E-state index contributed by atoms with van der Waals surface area (Å²) < 4.78 is 4.97. The summed E-state index contributed by atoms with van der Waals surface area (Å²) in [6.45, 7) is 1.99. The third-order valence-electron chi connectivity index (χ3n) is 1.93. The molecule has 0 radical (unpaired) electrons. The minimum Gasteiger partial charge on any atom is -0.334 e. The van der Waals surface area contributed by atoms with Crippen molar-refractivity contribution in [2.75, 3.05) is 0 Å². The monoisotopic (exact) mass is 178 g/mol. The van der Waals surface area contributed by atoms with Gasteiger partial charge in [0.15, 0.2) is 5.52 Å². The van der Waals surface area contributed by atoms with Crippen LogP contribution in [0.3, 0.4) is 0 Å². The molecule has 0 saturated carbocycles. The number of nitrogens with zero attached hydrogens (tertiary/aromatic N) is 3. The zero-order valence-electron chi connectivity index (χ0n) is 7.27. The average molecular weight is 178 g/mol. The van der Waals surface area contributed by atoms with E-state index >= 15 is 0 Å². The molecule has 2 rings (SSSR count). The van der Waals surface area contributed by atoms with Crippen LogP contribution in [0, 0.1) is 0 Å². The molecule has 0 spiro atoms. The summed E-state index contributed by atoms with van der Waals surface area (Å²) in [4.78, 5) is 8.08. The molecule has 2 aromatic rings. The summed E-state index contributed by atoms with van der Waals surface area (Å²) in [5, 5.41) is 3.84. The first-order valence-electron chi connectivity index (χ1n) is 4.14. The predicted molar refractivity (Wildman–Crippen MR) is 46.8 cm³/mol. The Balaban J connectivity index is 2.57. The van der Waals surface area contributed by atoms with Gasteiger partial charge in [-0.2, -0.15) is 0 Å². The third kappa shape index (κ3) is 1.27. The number of aromatic nitrogens is 3. The van der Waals surface area contributed by atoms with Gasteiger partial charge in [0.05, 0.1) is 6.04 Å². The second kappa shape index (κ2) is 3.10. The van der Waals surface area contributed by atoms with Crippen molar-refractivity contribution in [3.63, 3.8) is 0 Å². The number of nitrogens with two attached hydrogens (primary N) is 1. The van der Waals surface area contributed by atoms with Crippen LogP contribution in [0.5, 0.6) is 0 Å². The molecule has 1 unspecified atom stereocenters. The highest BCUT2D eigenvalue weighted by molar-refractivity contribution is 5.70. The zero-order chi connectivity index (χ0) is 9.26. The maximum atomic E-state index is 5.81. The van der Waals surface area contributed by atoms with E-state index in [2.05, 4.69) is 15.1 Å². The number of rotatable bonds is 2. The molecule has 0 aliphatic rings. The highest BCUT2D eigenvalue weighted by atomic mass is 16.5. The van der Waals surface area contributed by atoms with Crippen molar-refractivity contribution in [2.24, 2.45) is 5.73 Å². The van der Waals surface area contributed by atoms with E-state index in [9.17, 15) is 0 Å². The van der Waals surface area contributed by atoms with Crippen LogP contribution in [-0.4, -0.2) is 15.1 Å². The van der Waals surface area contributed by atoms with Gasteiger partial charge in [0.2, 0.25) is 0 Å². The average Bonchev–Trinajstić information content (AvgIpc) is 2.60. The fraction of sp³-hybridized carbons (Fsp3) is 0.375. The first-order chi connectivity index (χ1) is 6.33. The van der Waals surface area contributed by atoms with Crippen LogP contribution in [0.1, 0.15) is 25.1 Å². The Morgan fingerprint density at radius 3 is 3.00 bits per heavy atom. The van der Waals surface area contributed by atoms with Crippen LogP contribution >= 0.6 is 0 Å². The first-order valence-corrected chi connectivity index (χ1v) is 4.14. The second-order valence-corrected chi connectivity index (χ2v) is 2.79. The number of hydrogen-bond donors (Lipinski definition) is 1. The van der Waals surface area contributed by atoms with Crippen LogP contribution in [0.2, 0.25) is 0 Å². The van der Waals surface area contributed by atoms with Gasteiger partial charge in [-0.25, -0.2) is 9.97 Å². The van der Waals surface area contributed by atoms with Crippen molar-refractivity contribution in [1.29, 1.82) is 0 Å². The van der Waals surface area contributed by atoms with Crippen molar-refractivity contribution < 1.29 is 4.52 Å². The summed E-state index contributed by atoms with van der Waals surface area (Å²) in [6.07, 6.45) is 3.97. The molecular weight excluding hydrogens is 168 g/mol. The molecule has 0 bridgehead atoms. The SMILES string of the molecule is CCC(N)c1noc2nccnc12. The summed E-state index contributed by atoms with van der Waals surface area (Å²) in [7, 11) is 0. The third-order valence-corrected chi connectivity index (χ3v) is 1.93. The molecule has 1 atom stereocenters. The smallest absolute Gasteiger partial charge is 0.276 e. The lowest BCUT2D eigenvalue weighted by molar-refractivity contribution is 0.429. The lowest BCUT2D eigenvalue weighted by atomic mass is 10.1. The van der Waals surface area contributed by atoms with E-state index in [1.807, 2.05) is 6.92 Å². The lowest BCUT2D eigenvalue weighted by Gasteiger charge is -2.01. The van der Waals surface area contributed by atoms with E-state index in [0.29, 0.717) is 16.9 Å². The van der Waals surface area contributed by atoms with Crippen molar-refractivity contribution in [3.8, 4) is 0 Å². The Morgan fingerprint density at radius 2 is 2.23 bits per heavy atom. The van der Waals surface area contributed by atoms with Gasteiger partial charge in [-0.1, -0.05) is 12.1 Å². The Bertz CT molecular complexity index is 411. The number of fused-ring (bicyclic) bond motifs is 1. The normalized spacial score (nSPS) is 13.4. The molecule has 5 nitrogen and oxygen atoms in total. The van der Waals surface area contributed by atoms with E-state index in [0.717, 1.165) is 6.42 Å². The summed E-state index contributed by atoms with van der Waals surface area (Å²) in [6, 6.07) is -0.127. The van der Waals surface area contributed by atoms with E-state index in [1.165, 1.54) is 0 Å². The molecule has 0 fully saturated rings. The van der Waals surface area contributed by atoms with Gasteiger partial charge in [0.1, 0.15) is 5.69 Å². The molecule has 0 saturated heterocycles. The fourth-order valence-electron chi connectivity index (χ4n) is 1.14. The van der Waals surface area contributed by atoms with E-state index in [1.54, 1.807) is 12.4 Å². The lowest BCUT2D eigenvalue weighted by Crippen LogP contribution is -2.09. The van der Waals surface area contributed by atoms with Crippen molar-refractivity contribution in [3.05, 3.63) is 18.1 Å². The van der Waals surface area contributed by atoms with Gasteiger partial charge in [0.25, 0.3) is 5.71 Å². The van der Waals surface area contributed by atoms with Crippen LogP contribution in [0.25, 0.3) is 11.2 Å². The summed E-state index contributed by atoms with van der Waals surface area (Å²) in [5.41, 5.74) is 7.61. The molecular formula is C8H10N4O.